The Balaban J connectivity index is 1.82. The van der Waals surface area contributed by atoms with Crippen molar-refractivity contribution in [3.8, 4) is 17.6 Å². The number of rotatable bonds is 5. The van der Waals surface area contributed by atoms with Crippen molar-refractivity contribution in [1.82, 2.24) is 15.5 Å². The molecule has 0 unspecified atom stereocenters. The number of aromatic amines is 1. The number of carbonyl (C=O) groups excluding carboxylic acids is 1. The molecule has 1 amide bonds. The van der Waals surface area contributed by atoms with Crippen LogP contribution < -0.4 is 10.1 Å². The molecule has 0 fully saturated rings. The van der Waals surface area contributed by atoms with Gasteiger partial charge >= 0.3 is 0 Å². The number of nitrogens with zero attached hydrogens (tertiary/aromatic N) is 2. The number of hydrogen-bond acceptors (Lipinski definition) is 4. The zero-order chi connectivity index (χ0) is 19.4. The highest BCUT2D eigenvalue weighted by atomic mass is 35.5. The van der Waals surface area contributed by atoms with E-state index < -0.39 is 11.7 Å². The van der Waals surface area contributed by atoms with Crippen LogP contribution in [0, 0.1) is 17.1 Å². The first-order chi connectivity index (χ1) is 13.0. The highest BCUT2D eigenvalue weighted by Gasteiger charge is 2.16. The van der Waals surface area contributed by atoms with Gasteiger partial charge in [-0.1, -0.05) is 29.3 Å². The Morgan fingerprint density at radius 2 is 2.15 bits per heavy atom. The Labute approximate surface area is 163 Å². The third-order valence-electron chi connectivity index (χ3n) is 3.55. The standard InChI is InChI=1S/C18H11Cl2FN4O2/c19-13-3-10(6-22)4-14(5-13)27-17-15(20)2-1-11(16(17)21)7-23-18(26)12-8-24-25-9-12/h1-5,8-9H,7H2,(H,23,26)(H,24,25). The van der Waals surface area contributed by atoms with Crippen molar-refractivity contribution in [3.05, 3.63) is 75.3 Å². The molecule has 2 N–H and O–H groups in total. The largest absolute Gasteiger partial charge is 0.453 e. The third-order valence-corrected chi connectivity index (χ3v) is 4.07. The SMILES string of the molecule is N#Cc1cc(Cl)cc(Oc2c(Cl)ccc(CNC(=O)c3cn[nH]c3)c2F)c1. The van der Waals surface area contributed by atoms with Crippen molar-refractivity contribution in [2.75, 3.05) is 0 Å². The molecule has 0 aliphatic heterocycles. The van der Waals surface area contributed by atoms with E-state index in [1.807, 2.05) is 6.07 Å². The summed E-state index contributed by atoms with van der Waals surface area (Å²) in [5.41, 5.74) is 0.759. The van der Waals surface area contributed by atoms with E-state index in [9.17, 15) is 9.18 Å². The molecule has 9 heteroatoms. The quantitative estimate of drug-likeness (QED) is 0.656. The fraction of sp³-hybridized carbons (Fsp3) is 0.0556. The molecule has 1 heterocycles. The topological polar surface area (TPSA) is 90.8 Å². The third kappa shape index (κ3) is 4.37. The van der Waals surface area contributed by atoms with Gasteiger partial charge in [0.2, 0.25) is 0 Å². The predicted octanol–water partition coefficient (Wildman–Crippen LogP) is 4.45. The second-order valence-corrected chi connectivity index (χ2v) is 6.25. The fourth-order valence-electron chi connectivity index (χ4n) is 2.26. The molecular formula is C18H11Cl2FN4O2. The van der Waals surface area contributed by atoms with Gasteiger partial charge < -0.3 is 10.1 Å². The monoisotopic (exact) mass is 404 g/mol. The molecule has 0 radical (unpaired) electrons. The van der Waals surface area contributed by atoms with Crippen LogP contribution in [-0.2, 0) is 6.54 Å². The van der Waals surface area contributed by atoms with Gasteiger partial charge in [-0.15, -0.1) is 0 Å². The van der Waals surface area contributed by atoms with Gasteiger partial charge in [-0.3, -0.25) is 9.89 Å². The number of ether oxygens (including phenoxy) is 1. The maximum absolute atomic E-state index is 14.8. The Hall–Kier alpha value is -3.08. The lowest BCUT2D eigenvalue weighted by atomic mass is 10.2. The summed E-state index contributed by atoms with van der Waals surface area (Å²) in [6.45, 7) is -0.0810. The number of nitriles is 1. The van der Waals surface area contributed by atoms with Crippen molar-refractivity contribution >= 4 is 29.1 Å². The number of H-pyrrole nitrogens is 1. The first kappa shape index (κ1) is 18.7. The van der Waals surface area contributed by atoms with Crippen molar-refractivity contribution in [1.29, 1.82) is 5.26 Å². The molecule has 0 aliphatic carbocycles. The predicted molar refractivity (Wildman–Crippen MR) is 97.4 cm³/mol. The first-order valence-corrected chi connectivity index (χ1v) is 8.36. The van der Waals surface area contributed by atoms with Gasteiger partial charge in [0, 0.05) is 23.3 Å². The van der Waals surface area contributed by atoms with Crippen LogP contribution in [0.25, 0.3) is 0 Å². The summed E-state index contributed by atoms with van der Waals surface area (Å²) in [7, 11) is 0. The molecule has 0 saturated heterocycles. The molecule has 1 aromatic heterocycles. The highest BCUT2D eigenvalue weighted by molar-refractivity contribution is 6.32. The summed E-state index contributed by atoms with van der Waals surface area (Å²) >= 11 is 12.0. The lowest BCUT2D eigenvalue weighted by molar-refractivity contribution is 0.0950. The number of nitrogens with one attached hydrogen (secondary N) is 2. The number of benzene rings is 2. The van der Waals surface area contributed by atoms with E-state index in [0.29, 0.717) is 5.56 Å². The average molecular weight is 405 g/mol. The number of aromatic nitrogens is 2. The van der Waals surface area contributed by atoms with Gasteiger partial charge in [-0.05, 0) is 24.3 Å². The van der Waals surface area contributed by atoms with Crippen LogP contribution in [0.5, 0.6) is 11.5 Å². The Morgan fingerprint density at radius 1 is 1.33 bits per heavy atom. The summed E-state index contributed by atoms with van der Waals surface area (Å²) in [6, 6.07) is 9.13. The molecule has 0 spiro atoms. The number of halogens is 3. The molecular weight excluding hydrogens is 394 g/mol. The van der Waals surface area contributed by atoms with Crippen LogP contribution in [0.15, 0.2) is 42.7 Å². The molecule has 0 aliphatic rings. The van der Waals surface area contributed by atoms with E-state index >= 15 is 0 Å². The minimum atomic E-state index is -0.728. The van der Waals surface area contributed by atoms with Crippen LogP contribution >= 0.6 is 23.2 Å². The summed E-state index contributed by atoms with van der Waals surface area (Å²) < 4.78 is 20.3. The summed E-state index contributed by atoms with van der Waals surface area (Å²) in [5.74, 6) is -1.19. The van der Waals surface area contributed by atoms with Gasteiger partial charge in [0.05, 0.1) is 28.4 Å². The van der Waals surface area contributed by atoms with E-state index in [1.54, 1.807) is 0 Å². The van der Waals surface area contributed by atoms with Crippen LogP contribution in [0.4, 0.5) is 4.39 Å². The van der Waals surface area contributed by atoms with E-state index in [0.717, 1.165) is 0 Å². The van der Waals surface area contributed by atoms with Gasteiger partial charge in [0.25, 0.3) is 5.91 Å². The summed E-state index contributed by atoms with van der Waals surface area (Å²) in [5, 5.41) is 18.1. The van der Waals surface area contributed by atoms with Gasteiger partial charge in [-0.2, -0.15) is 10.4 Å². The molecule has 0 saturated carbocycles. The van der Waals surface area contributed by atoms with Gasteiger partial charge in [0.15, 0.2) is 11.6 Å². The van der Waals surface area contributed by atoms with E-state index in [1.165, 1.54) is 42.7 Å². The Kier molecular flexibility index (Phi) is 5.60. The first-order valence-electron chi connectivity index (χ1n) is 7.60. The smallest absolute Gasteiger partial charge is 0.254 e. The molecule has 6 nitrogen and oxygen atoms in total. The lowest BCUT2D eigenvalue weighted by Gasteiger charge is -2.13. The maximum atomic E-state index is 14.8. The van der Waals surface area contributed by atoms with Gasteiger partial charge in [0.1, 0.15) is 5.75 Å². The summed E-state index contributed by atoms with van der Waals surface area (Å²) in [6.07, 6.45) is 2.78. The minimum absolute atomic E-state index is 0.0379. The van der Waals surface area contributed by atoms with Crippen LogP contribution in [0.3, 0.4) is 0 Å². The lowest BCUT2D eigenvalue weighted by Crippen LogP contribution is -2.23. The molecule has 27 heavy (non-hydrogen) atoms. The van der Waals surface area contributed by atoms with Crippen LogP contribution in [0.2, 0.25) is 10.0 Å². The number of amides is 1. The zero-order valence-corrected chi connectivity index (χ0v) is 15.1. The normalized spacial score (nSPS) is 10.3. The number of carbonyl (C=O) groups is 1. The van der Waals surface area contributed by atoms with Crippen molar-refractivity contribution in [2.45, 2.75) is 6.54 Å². The van der Waals surface area contributed by atoms with Crippen molar-refractivity contribution in [3.63, 3.8) is 0 Å². The molecule has 3 aromatic rings. The summed E-state index contributed by atoms with van der Waals surface area (Å²) in [4.78, 5) is 11.9. The highest BCUT2D eigenvalue weighted by Crippen LogP contribution is 2.35. The fourth-order valence-corrected chi connectivity index (χ4v) is 2.67. The molecule has 2 aromatic carbocycles. The number of hydrogen-bond donors (Lipinski definition) is 2. The van der Waals surface area contributed by atoms with E-state index in [4.69, 9.17) is 33.2 Å². The molecule has 0 atom stereocenters. The maximum Gasteiger partial charge on any atom is 0.254 e. The molecule has 136 valence electrons. The molecule has 3 rings (SSSR count). The second kappa shape index (κ2) is 8.08. The molecule has 0 bridgehead atoms. The Morgan fingerprint density at radius 3 is 2.85 bits per heavy atom. The van der Waals surface area contributed by atoms with Crippen molar-refractivity contribution < 1.29 is 13.9 Å². The minimum Gasteiger partial charge on any atom is -0.453 e. The van der Waals surface area contributed by atoms with E-state index in [2.05, 4.69) is 15.5 Å². The van der Waals surface area contributed by atoms with Crippen molar-refractivity contribution in [2.24, 2.45) is 0 Å². The second-order valence-electron chi connectivity index (χ2n) is 5.41. The zero-order valence-electron chi connectivity index (χ0n) is 13.6. The van der Waals surface area contributed by atoms with Gasteiger partial charge in [-0.25, -0.2) is 4.39 Å². The van der Waals surface area contributed by atoms with Crippen LogP contribution in [-0.4, -0.2) is 16.1 Å². The van der Waals surface area contributed by atoms with E-state index in [-0.39, 0.29) is 39.2 Å². The Bertz CT molecular complexity index is 1030. The average Bonchev–Trinajstić information content (AvgIpc) is 3.18. The van der Waals surface area contributed by atoms with Crippen LogP contribution in [0.1, 0.15) is 21.5 Å².